The minimum absolute atomic E-state index is 0.726. The standard InChI is InChI=1S/C18H27N7/c1-22-7-9-23(10-8-22)12-16-3-2-5-24(13-16)17-11-18(21-14-20-17)25-6-4-19-15-25/h4,6,11,14-16H,2-3,5,7-10,12-13H2,1H3. The SMILES string of the molecule is CN1CCN(CC2CCCN(c3cc(-n4ccnc4)ncn3)C2)CC1. The summed E-state index contributed by atoms with van der Waals surface area (Å²) < 4.78 is 1.93. The smallest absolute Gasteiger partial charge is 0.143 e. The predicted octanol–water partition coefficient (Wildman–Crippen LogP) is 1.13. The largest absolute Gasteiger partial charge is 0.356 e. The molecule has 0 amide bonds. The van der Waals surface area contributed by atoms with E-state index in [2.05, 4.69) is 42.8 Å². The van der Waals surface area contributed by atoms with E-state index >= 15 is 0 Å². The predicted molar refractivity (Wildman–Crippen MR) is 98.0 cm³/mol. The van der Waals surface area contributed by atoms with Crippen LogP contribution in [0.25, 0.3) is 5.82 Å². The van der Waals surface area contributed by atoms with Crippen LogP contribution >= 0.6 is 0 Å². The fraction of sp³-hybridized carbons (Fsp3) is 0.611. The first kappa shape index (κ1) is 16.5. The Kier molecular flexibility index (Phi) is 4.94. The van der Waals surface area contributed by atoms with E-state index in [-0.39, 0.29) is 0 Å². The zero-order valence-corrected chi connectivity index (χ0v) is 15.0. The summed E-state index contributed by atoms with van der Waals surface area (Å²) in [7, 11) is 2.21. The quantitative estimate of drug-likeness (QED) is 0.831. The second-order valence-electron chi connectivity index (χ2n) is 7.26. The fourth-order valence-electron chi connectivity index (χ4n) is 3.86. The first-order valence-electron chi connectivity index (χ1n) is 9.24. The Morgan fingerprint density at radius 2 is 1.92 bits per heavy atom. The van der Waals surface area contributed by atoms with Crippen molar-refractivity contribution in [2.45, 2.75) is 12.8 Å². The van der Waals surface area contributed by atoms with Crippen molar-refractivity contribution in [3.63, 3.8) is 0 Å². The number of aromatic nitrogens is 4. The van der Waals surface area contributed by atoms with Gasteiger partial charge in [-0.05, 0) is 25.8 Å². The Morgan fingerprint density at radius 3 is 2.72 bits per heavy atom. The summed E-state index contributed by atoms with van der Waals surface area (Å²) in [6.45, 7) is 8.17. The van der Waals surface area contributed by atoms with Crippen molar-refractivity contribution in [1.29, 1.82) is 0 Å². The second kappa shape index (κ2) is 7.49. The van der Waals surface area contributed by atoms with Gasteiger partial charge in [-0.15, -0.1) is 0 Å². The van der Waals surface area contributed by atoms with Gasteiger partial charge in [0.25, 0.3) is 0 Å². The van der Waals surface area contributed by atoms with Crippen molar-refractivity contribution in [2.24, 2.45) is 5.92 Å². The number of anilines is 1. The molecule has 4 heterocycles. The number of rotatable bonds is 4. The molecule has 0 bridgehead atoms. The van der Waals surface area contributed by atoms with E-state index in [4.69, 9.17) is 0 Å². The third kappa shape index (κ3) is 3.99. The summed E-state index contributed by atoms with van der Waals surface area (Å²) in [5.41, 5.74) is 0. The van der Waals surface area contributed by atoms with Gasteiger partial charge in [0, 0.05) is 64.3 Å². The van der Waals surface area contributed by atoms with E-state index < -0.39 is 0 Å². The summed E-state index contributed by atoms with van der Waals surface area (Å²) in [6.07, 6.45) is 9.69. The van der Waals surface area contributed by atoms with Gasteiger partial charge in [0.05, 0.1) is 0 Å². The van der Waals surface area contributed by atoms with Crippen LogP contribution in [0.3, 0.4) is 0 Å². The Morgan fingerprint density at radius 1 is 1.08 bits per heavy atom. The fourth-order valence-corrected chi connectivity index (χ4v) is 3.86. The number of hydrogen-bond acceptors (Lipinski definition) is 6. The highest BCUT2D eigenvalue weighted by atomic mass is 15.3. The molecule has 0 aliphatic carbocycles. The van der Waals surface area contributed by atoms with Gasteiger partial charge in [0.15, 0.2) is 0 Å². The molecule has 0 saturated carbocycles. The maximum atomic E-state index is 4.52. The van der Waals surface area contributed by atoms with Gasteiger partial charge in [-0.25, -0.2) is 15.0 Å². The van der Waals surface area contributed by atoms with Crippen molar-refractivity contribution in [1.82, 2.24) is 29.3 Å². The number of likely N-dealkylation sites (N-methyl/N-ethyl adjacent to an activating group) is 1. The van der Waals surface area contributed by atoms with Crippen molar-refractivity contribution in [2.75, 3.05) is 57.8 Å². The number of piperidine rings is 1. The van der Waals surface area contributed by atoms with Crippen LogP contribution in [0.2, 0.25) is 0 Å². The molecule has 1 atom stereocenters. The molecule has 0 N–H and O–H groups in total. The molecule has 2 aliphatic heterocycles. The molecular formula is C18H27N7. The van der Waals surface area contributed by atoms with Crippen molar-refractivity contribution in [3.8, 4) is 5.82 Å². The molecule has 2 aromatic heterocycles. The average Bonchev–Trinajstić information content (AvgIpc) is 3.19. The highest BCUT2D eigenvalue weighted by Gasteiger charge is 2.24. The number of imidazole rings is 1. The molecule has 2 fully saturated rings. The highest BCUT2D eigenvalue weighted by Crippen LogP contribution is 2.23. The highest BCUT2D eigenvalue weighted by molar-refractivity contribution is 5.43. The van der Waals surface area contributed by atoms with E-state index in [1.165, 1.54) is 45.6 Å². The third-order valence-corrected chi connectivity index (χ3v) is 5.36. The third-order valence-electron chi connectivity index (χ3n) is 5.36. The molecule has 2 aliphatic rings. The van der Waals surface area contributed by atoms with Gasteiger partial charge in [-0.1, -0.05) is 0 Å². The average molecular weight is 341 g/mol. The summed E-state index contributed by atoms with van der Waals surface area (Å²) in [5.74, 6) is 2.63. The minimum atomic E-state index is 0.726. The minimum Gasteiger partial charge on any atom is -0.356 e. The van der Waals surface area contributed by atoms with Crippen molar-refractivity contribution in [3.05, 3.63) is 31.1 Å². The van der Waals surface area contributed by atoms with Crippen LogP contribution in [0, 0.1) is 5.92 Å². The maximum Gasteiger partial charge on any atom is 0.143 e. The first-order chi connectivity index (χ1) is 12.3. The lowest BCUT2D eigenvalue weighted by molar-refractivity contribution is 0.131. The molecule has 134 valence electrons. The molecule has 0 spiro atoms. The molecule has 2 aromatic rings. The van der Waals surface area contributed by atoms with E-state index in [0.29, 0.717) is 0 Å². The van der Waals surface area contributed by atoms with Gasteiger partial charge >= 0.3 is 0 Å². The number of nitrogens with zero attached hydrogens (tertiary/aromatic N) is 7. The van der Waals surface area contributed by atoms with E-state index in [1.807, 2.05) is 10.8 Å². The Bertz CT molecular complexity index is 664. The van der Waals surface area contributed by atoms with Crippen LogP contribution in [-0.4, -0.2) is 82.2 Å². The van der Waals surface area contributed by atoms with E-state index in [9.17, 15) is 0 Å². The van der Waals surface area contributed by atoms with Crippen LogP contribution < -0.4 is 4.90 Å². The normalized spacial score (nSPS) is 23.1. The van der Waals surface area contributed by atoms with Gasteiger partial charge in [-0.3, -0.25) is 4.57 Å². The molecule has 4 rings (SSSR count). The van der Waals surface area contributed by atoms with Crippen molar-refractivity contribution < 1.29 is 0 Å². The number of hydrogen-bond donors (Lipinski definition) is 0. The molecular weight excluding hydrogens is 314 g/mol. The summed E-state index contributed by atoms with van der Waals surface area (Å²) >= 11 is 0. The summed E-state index contributed by atoms with van der Waals surface area (Å²) in [4.78, 5) is 20.5. The van der Waals surface area contributed by atoms with Crippen LogP contribution in [0.4, 0.5) is 5.82 Å². The Labute approximate surface area is 149 Å². The first-order valence-corrected chi connectivity index (χ1v) is 9.24. The van der Waals surface area contributed by atoms with Crippen LogP contribution in [0.5, 0.6) is 0 Å². The molecule has 2 saturated heterocycles. The summed E-state index contributed by atoms with van der Waals surface area (Å²) in [5, 5.41) is 0. The molecule has 7 nitrogen and oxygen atoms in total. The number of piperazine rings is 1. The molecule has 0 aromatic carbocycles. The molecule has 0 radical (unpaired) electrons. The monoisotopic (exact) mass is 341 g/mol. The lowest BCUT2D eigenvalue weighted by Gasteiger charge is -2.38. The zero-order chi connectivity index (χ0) is 17.1. The topological polar surface area (TPSA) is 53.3 Å². The Hall–Kier alpha value is -1.99. The lowest BCUT2D eigenvalue weighted by atomic mass is 9.97. The summed E-state index contributed by atoms with van der Waals surface area (Å²) in [6, 6.07) is 2.07. The van der Waals surface area contributed by atoms with E-state index in [1.54, 1.807) is 18.9 Å². The van der Waals surface area contributed by atoms with Gasteiger partial charge < -0.3 is 14.7 Å². The van der Waals surface area contributed by atoms with Crippen molar-refractivity contribution >= 4 is 5.82 Å². The zero-order valence-electron chi connectivity index (χ0n) is 15.0. The Balaban J connectivity index is 1.40. The molecule has 1 unspecified atom stereocenters. The molecule has 7 heteroatoms. The molecule has 25 heavy (non-hydrogen) atoms. The van der Waals surface area contributed by atoms with Gasteiger partial charge in [-0.2, -0.15) is 0 Å². The maximum absolute atomic E-state index is 4.52. The second-order valence-corrected chi connectivity index (χ2v) is 7.26. The van der Waals surface area contributed by atoms with Gasteiger partial charge in [0.1, 0.15) is 24.3 Å². The van der Waals surface area contributed by atoms with Crippen LogP contribution in [0.1, 0.15) is 12.8 Å². The van der Waals surface area contributed by atoms with Gasteiger partial charge in [0.2, 0.25) is 0 Å². The van der Waals surface area contributed by atoms with E-state index in [0.717, 1.165) is 30.6 Å². The van der Waals surface area contributed by atoms with Crippen LogP contribution in [0.15, 0.2) is 31.1 Å². The van der Waals surface area contributed by atoms with Crippen LogP contribution in [-0.2, 0) is 0 Å². The lowest BCUT2D eigenvalue weighted by Crippen LogP contribution is -2.48.